The first-order valence-corrected chi connectivity index (χ1v) is 8.83. The lowest BCUT2D eigenvalue weighted by molar-refractivity contribution is 0.261. The Balaban J connectivity index is 1.47. The van der Waals surface area contributed by atoms with Crippen LogP contribution in [0.25, 0.3) is 10.8 Å². The molecule has 0 aliphatic heterocycles. The lowest BCUT2D eigenvalue weighted by Gasteiger charge is -2.12. The van der Waals surface area contributed by atoms with Crippen molar-refractivity contribution < 1.29 is 9.53 Å². The molecule has 6 heteroatoms. The van der Waals surface area contributed by atoms with Gasteiger partial charge in [-0.05, 0) is 17.0 Å². The van der Waals surface area contributed by atoms with Crippen LogP contribution in [0.15, 0.2) is 85.2 Å². The van der Waals surface area contributed by atoms with E-state index in [2.05, 4.69) is 20.6 Å². The summed E-state index contributed by atoms with van der Waals surface area (Å²) in [5.41, 5.74) is 1.71. The predicted octanol–water partition coefficient (Wildman–Crippen LogP) is 4.85. The molecule has 0 aliphatic rings. The standard InChI is InChI=1S/C22H18N4O2/c27-22(25-19-12-6-10-17-9-4-5-11-18(17)19)26-20-21(24-14-13-23-20)28-15-16-7-2-1-3-8-16/h1-14H,15H2,(H2,23,25,26,27). The van der Waals surface area contributed by atoms with Crippen molar-refractivity contribution in [3.8, 4) is 5.88 Å². The first-order valence-electron chi connectivity index (χ1n) is 8.83. The summed E-state index contributed by atoms with van der Waals surface area (Å²) < 4.78 is 5.73. The van der Waals surface area contributed by atoms with Crippen LogP contribution in [-0.2, 0) is 6.61 Å². The zero-order valence-corrected chi connectivity index (χ0v) is 15.0. The molecule has 0 saturated heterocycles. The third-order valence-electron chi connectivity index (χ3n) is 4.15. The number of nitrogens with one attached hydrogen (secondary N) is 2. The van der Waals surface area contributed by atoms with Crippen molar-refractivity contribution in [2.45, 2.75) is 6.61 Å². The van der Waals surface area contributed by atoms with Crippen LogP contribution in [0.5, 0.6) is 5.88 Å². The summed E-state index contributed by atoms with van der Waals surface area (Å²) in [5, 5.41) is 7.58. The number of aromatic nitrogens is 2. The van der Waals surface area contributed by atoms with Crippen LogP contribution in [0.4, 0.5) is 16.3 Å². The van der Waals surface area contributed by atoms with Crippen LogP contribution < -0.4 is 15.4 Å². The number of fused-ring (bicyclic) bond motifs is 1. The van der Waals surface area contributed by atoms with Crippen LogP contribution in [-0.4, -0.2) is 16.0 Å². The van der Waals surface area contributed by atoms with E-state index in [1.807, 2.05) is 72.8 Å². The van der Waals surface area contributed by atoms with Crippen LogP contribution >= 0.6 is 0 Å². The summed E-state index contributed by atoms with van der Waals surface area (Å²) in [6.07, 6.45) is 3.02. The van der Waals surface area contributed by atoms with Gasteiger partial charge in [0.05, 0.1) is 5.69 Å². The van der Waals surface area contributed by atoms with Crippen molar-refractivity contribution in [3.05, 3.63) is 90.8 Å². The molecule has 0 unspecified atom stereocenters. The average Bonchev–Trinajstić information content (AvgIpc) is 2.74. The molecule has 0 aliphatic carbocycles. The Kier molecular flexibility index (Phi) is 5.11. The number of nitrogens with zero attached hydrogens (tertiary/aromatic N) is 2. The first-order chi connectivity index (χ1) is 13.8. The number of benzene rings is 3. The smallest absolute Gasteiger partial charge is 0.325 e. The number of amides is 2. The molecule has 2 amide bonds. The molecule has 0 radical (unpaired) electrons. The Morgan fingerprint density at radius 2 is 1.57 bits per heavy atom. The number of ether oxygens (including phenoxy) is 1. The summed E-state index contributed by atoms with van der Waals surface area (Å²) in [7, 11) is 0. The van der Waals surface area contributed by atoms with Crippen molar-refractivity contribution in [1.29, 1.82) is 0 Å². The molecule has 3 aromatic carbocycles. The van der Waals surface area contributed by atoms with Gasteiger partial charge in [-0.1, -0.05) is 66.7 Å². The molecule has 0 saturated carbocycles. The van der Waals surface area contributed by atoms with E-state index < -0.39 is 6.03 Å². The number of carbonyl (C=O) groups excluding carboxylic acids is 1. The molecule has 1 aromatic heterocycles. The molecule has 0 spiro atoms. The van der Waals surface area contributed by atoms with Gasteiger partial charge < -0.3 is 10.1 Å². The zero-order chi connectivity index (χ0) is 19.2. The number of hydrogen-bond donors (Lipinski definition) is 2. The van der Waals surface area contributed by atoms with E-state index >= 15 is 0 Å². The summed E-state index contributed by atoms with van der Waals surface area (Å²) in [4.78, 5) is 20.9. The number of rotatable bonds is 5. The molecule has 138 valence electrons. The van der Waals surface area contributed by atoms with Gasteiger partial charge in [0, 0.05) is 17.8 Å². The fourth-order valence-electron chi connectivity index (χ4n) is 2.84. The second-order valence-corrected chi connectivity index (χ2v) is 6.09. The Morgan fingerprint density at radius 3 is 2.46 bits per heavy atom. The van der Waals surface area contributed by atoms with Crippen LogP contribution in [0, 0.1) is 0 Å². The van der Waals surface area contributed by atoms with E-state index in [9.17, 15) is 4.79 Å². The molecule has 4 aromatic rings. The molecule has 4 rings (SSSR count). The fourth-order valence-corrected chi connectivity index (χ4v) is 2.84. The summed E-state index contributed by atoms with van der Waals surface area (Å²) in [6, 6.07) is 22.9. The maximum atomic E-state index is 12.5. The monoisotopic (exact) mass is 370 g/mol. The van der Waals surface area contributed by atoms with Crippen LogP contribution in [0.1, 0.15) is 5.56 Å². The number of anilines is 2. The zero-order valence-electron chi connectivity index (χ0n) is 15.0. The van der Waals surface area contributed by atoms with Gasteiger partial charge in [0.1, 0.15) is 6.61 Å². The van der Waals surface area contributed by atoms with Crippen molar-refractivity contribution >= 4 is 28.3 Å². The van der Waals surface area contributed by atoms with E-state index in [4.69, 9.17) is 4.74 Å². The topological polar surface area (TPSA) is 76.1 Å². The maximum absolute atomic E-state index is 12.5. The Bertz CT molecular complexity index is 1090. The van der Waals surface area contributed by atoms with Gasteiger partial charge >= 0.3 is 6.03 Å². The lowest BCUT2D eigenvalue weighted by Crippen LogP contribution is -2.21. The maximum Gasteiger partial charge on any atom is 0.325 e. The second-order valence-electron chi connectivity index (χ2n) is 6.09. The lowest BCUT2D eigenvalue weighted by atomic mass is 10.1. The third-order valence-corrected chi connectivity index (χ3v) is 4.15. The minimum atomic E-state index is -0.415. The van der Waals surface area contributed by atoms with E-state index in [1.54, 1.807) is 0 Å². The van der Waals surface area contributed by atoms with Gasteiger partial charge in [-0.2, -0.15) is 0 Å². The van der Waals surface area contributed by atoms with Gasteiger partial charge in [-0.3, -0.25) is 5.32 Å². The highest BCUT2D eigenvalue weighted by Crippen LogP contribution is 2.24. The minimum absolute atomic E-state index is 0.260. The quantitative estimate of drug-likeness (QED) is 0.526. The van der Waals surface area contributed by atoms with Gasteiger partial charge in [0.15, 0.2) is 5.82 Å². The summed E-state index contributed by atoms with van der Waals surface area (Å²) >= 11 is 0. The fraction of sp³-hybridized carbons (Fsp3) is 0.0455. The number of urea groups is 1. The highest BCUT2D eigenvalue weighted by atomic mass is 16.5. The molecule has 0 fully saturated rings. The Morgan fingerprint density at radius 1 is 0.821 bits per heavy atom. The molecule has 1 heterocycles. The Hall–Kier alpha value is -3.93. The van der Waals surface area contributed by atoms with Crippen molar-refractivity contribution in [3.63, 3.8) is 0 Å². The third kappa shape index (κ3) is 4.07. The largest absolute Gasteiger partial charge is 0.470 e. The van der Waals surface area contributed by atoms with Crippen molar-refractivity contribution in [1.82, 2.24) is 9.97 Å². The molecule has 0 atom stereocenters. The van der Waals surface area contributed by atoms with Crippen LogP contribution in [0.2, 0.25) is 0 Å². The minimum Gasteiger partial charge on any atom is -0.470 e. The number of hydrogen-bond acceptors (Lipinski definition) is 4. The highest BCUT2D eigenvalue weighted by molar-refractivity contribution is 6.06. The van der Waals surface area contributed by atoms with Crippen LogP contribution in [0.3, 0.4) is 0 Å². The van der Waals surface area contributed by atoms with Crippen molar-refractivity contribution in [2.24, 2.45) is 0 Å². The SMILES string of the molecule is O=C(Nc1nccnc1OCc1ccccc1)Nc1cccc2ccccc12. The normalized spacial score (nSPS) is 10.4. The first kappa shape index (κ1) is 17.5. The van der Waals surface area contributed by atoms with Gasteiger partial charge in [0.25, 0.3) is 5.88 Å². The summed E-state index contributed by atoms with van der Waals surface area (Å²) in [6.45, 7) is 0.332. The van der Waals surface area contributed by atoms with E-state index in [0.717, 1.165) is 16.3 Å². The molecular weight excluding hydrogens is 352 g/mol. The molecule has 6 nitrogen and oxygen atoms in total. The van der Waals surface area contributed by atoms with Crippen molar-refractivity contribution in [2.75, 3.05) is 10.6 Å². The second kappa shape index (κ2) is 8.18. The summed E-state index contributed by atoms with van der Waals surface area (Å²) in [5.74, 6) is 0.524. The van der Waals surface area contributed by atoms with E-state index in [-0.39, 0.29) is 11.7 Å². The van der Waals surface area contributed by atoms with E-state index in [1.165, 1.54) is 12.4 Å². The highest BCUT2D eigenvalue weighted by Gasteiger charge is 2.12. The average molecular weight is 370 g/mol. The predicted molar refractivity (Wildman–Crippen MR) is 109 cm³/mol. The molecular formula is C22H18N4O2. The number of carbonyl (C=O) groups is 1. The Labute approximate surface area is 162 Å². The van der Waals surface area contributed by atoms with Gasteiger partial charge in [0.2, 0.25) is 0 Å². The molecule has 28 heavy (non-hydrogen) atoms. The van der Waals surface area contributed by atoms with Gasteiger partial charge in [-0.15, -0.1) is 0 Å². The molecule has 0 bridgehead atoms. The van der Waals surface area contributed by atoms with Gasteiger partial charge in [-0.25, -0.2) is 14.8 Å². The van der Waals surface area contributed by atoms with E-state index in [0.29, 0.717) is 12.3 Å². The molecule has 2 N–H and O–H groups in total.